The number of hydrogen-bond acceptors (Lipinski definition) is 6. The summed E-state index contributed by atoms with van der Waals surface area (Å²) in [6.45, 7) is 2.03. The van der Waals surface area contributed by atoms with E-state index in [1.165, 1.54) is 18.4 Å². The zero-order chi connectivity index (χ0) is 21.0. The summed E-state index contributed by atoms with van der Waals surface area (Å²) in [6, 6.07) is 12.4. The molecule has 29 heavy (non-hydrogen) atoms. The second-order valence-corrected chi connectivity index (χ2v) is 7.63. The quantitative estimate of drug-likeness (QED) is 0.403. The Morgan fingerprint density at radius 2 is 1.90 bits per heavy atom. The number of halogens is 1. The van der Waals surface area contributed by atoms with E-state index in [0.717, 1.165) is 10.1 Å². The number of methoxy groups -OCH3 is 1. The van der Waals surface area contributed by atoms with E-state index < -0.39 is 11.9 Å². The Morgan fingerprint density at radius 1 is 1.14 bits per heavy atom. The number of esters is 2. The summed E-state index contributed by atoms with van der Waals surface area (Å²) in [7, 11) is 1.31. The summed E-state index contributed by atoms with van der Waals surface area (Å²) in [5.41, 5.74) is 1.64. The van der Waals surface area contributed by atoms with Crippen molar-refractivity contribution in [1.82, 2.24) is 0 Å². The highest BCUT2D eigenvalue weighted by Crippen LogP contribution is 2.37. The first kappa shape index (κ1) is 21.0. The zero-order valence-corrected chi connectivity index (χ0v) is 18.0. The first-order valence-corrected chi connectivity index (χ1v) is 10.2. The highest BCUT2D eigenvalue weighted by molar-refractivity contribution is 7.80. The maximum Gasteiger partial charge on any atom is 0.349 e. The Bertz CT molecular complexity index is 1100. The minimum absolute atomic E-state index is 0.285. The van der Waals surface area contributed by atoms with Gasteiger partial charge in [-0.1, -0.05) is 23.7 Å². The second-order valence-electron chi connectivity index (χ2n) is 5.79. The summed E-state index contributed by atoms with van der Waals surface area (Å²) < 4.78 is 10.6. The summed E-state index contributed by atoms with van der Waals surface area (Å²) in [5, 5.41) is 7.51. The van der Waals surface area contributed by atoms with Crippen LogP contribution < -0.4 is 10.6 Å². The van der Waals surface area contributed by atoms with Crippen LogP contribution >= 0.6 is 35.2 Å². The first-order chi connectivity index (χ1) is 13.9. The second kappa shape index (κ2) is 9.21. The van der Waals surface area contributed by atoms with E-state index in [1.807, 2.05) is 6.07 Å². The van der Waals surface area contributed by atoms with Crippen LogP contribution in [-0.4, -0.2) is 30.8 Å². The average molecular weight is 449 g/mol. The fourth-order valence-corrected chi connectivity index (χ4v) is 4.32. The molecule has 0 atom stereocenters. The van der Waals surface area contributed by atoms with Gasteiger partial charge in [-0.05, 0) is 49.5 Å². The van der Waals surface area contributed by atoms with Crippen LogP contribution in [-0.2, 0) is 9.47 Å². The molecule has 3 aromatic rings. The third-order valence-corrected chi connectivity index (χ3v) is 5.77. The van der Waals surface area contributed by atoms with Gasteiger partial charge in [0.15, 0.2) is 5.11 Å². The van der Waals surface area contributed by atoms with E-state index in [9.17, 15) is 9.59 Å². The summed E-state index contributed by atoms with van der Waals surface area (Å²) in [4.78, 5) is 24.3. The highest BCUT2D eigenvalue weighted by atomic mass is 35.5. The van der Waals surface area contributed by atoms with Crippen LogP contribution in [0.15, 0.2) is 42.5 Å². The molecule has 0 aliphatic carbocycles. The third-order valence-electron chi connectivity index (χ3n) is 3.93. The van der Waals surface area contributed by atoms with E-state index >= 15 is 0 Å². The predicted octanol–water partition coefficient (Wildman–Crippen LogP) is 5.33. The highest BCUT2D eigenvalue weighted by Gasteiger charge is 2.18. The lowest BCUT2D eigenvalue weighted by molar-refractivity contribution is 0.0526. The summed E-state index contributed by atoms with van der Waals surface area (Å²) in [6.07, 6.45) is 0. The number of thiophene rings is 1. The number of fused-ring (bicyclic) bond motifs is 1. The number of rotatable bonds is 5. The number of thiocarbonyl (C=S) groups is 1. The molecule has 0 aliphatic heterocycles. The molecule has 2 N–H and O–H groups in total. The molecule has 0 fully saturated rings. The predicted molar refractivity (Wildman–Crippen MR) is 120 cm³/mol. The standard InChI is InChI=1S/C20H17ClN2O4S2/c1-3-27-18(24)12-6-4-5-7-14(12)23-20(28)22-11-8-9-13-15(10-11)29-17(16(13)21)19(25)26-2/h4-10H,3H2,1-2H3,(H2,22,23,28). The molecule has 0 aliphatic rings. The molecule has 0 radical (unpaired) electrons. The lowest BCUT2D eigenvalue weighted by Crippen LogP contribution is -2.21. The van der Waals surface area contributed by atoms with Crippen molar-refractivity contribution in [1.29, 1.82) is 0 Å². The van der Waals surface area contributed by atoms with Gasteiger partial charge in [0, 0.05) is 15.8 Å². The molecular formula is C20H17ClN2O4S2. The normalized spacial score (nSPS) is 10.4. The topological polar surface area (TPSA) is 76.7 Å². The molecule has 0 unspecified atom stereocenters. The molecule has 3 rings (SSSR count). The van der Waals surface area contributed by atoms with Crippen molar-refractivity contribution in [2.45, 2.75) is 6.92 Å². The Kier molecular flexibility index (Phi) is 6.68. The van der Waals surface area contributed by atoms with Crippen LogP contribution in [0, 0.1) is 0 Å². The molecular weight excluding hydrogens is 432 g/mol. The van der Waals surface area contributed by atoms with E-state index in [-0.39, 0.29) is 6.61 Å². The Morgan fingerprint density at radius 3 is 2.62 bits per heavy atom. The molecule has 6 nitrogen and oxygen atoms in total. The zero-order valence-electron chi connectivity index (χ0n) is 15.6. The maximum absolute atomic E-state index is 12.1. The van der Waals surface area contributed by atoms with Gasteiger partial charge in [-0.25, -0.2) is 9.59 Å². The van der Waals surface area contributed by atoms with E-state index in [2.05, 4.69) is 10.6 Å². The van der Waals surface area contributed by atoms with Crippen LogP contribution in [0.2, 0.25) is 5.02 Å². The minimum Gasteiger partial charge on any atom is -0.465 e. The smallest absolute Gasteiger partial charge is 0.349 e. The van der Waals surface area contributed by atoms with Crippen molar-refractivity contribution < 1.29 is 19.1 Å². The molecule has 0 bridgehead atoms. The minimum atomic E-state index is -0.474. The van der Waals surface area contributed by atoms with Crippen LogP contribution in [0.5, 0.6) is 0 Å². The van der Waals surface area contributed by atoms with Gasteiger partial charge < -0.3 is 20.1 Å². The van der Waals surface area contributed by atoms with Gasteiger partial charge in [0.25, 0.3) is 0 Å². The van der Waals surface area contributed by atoms with E-state index in [1.54, 1.807) is 43.3 Å². The SMILES string of the molecule is CCOC(=O)c1ccccc1NC(=S)Nc1ccc2c(Cl)c(C(=O)OC)sc2c1. The number of benzene rings is 2. The van der Waals surface area contributed by atoms with Crippen molar-refractivity contribution >= 4 is 73.7 Å². The number of carbonyl (C=O) groups is 2. The molecule has 1 heterocycles. The number of carbonyl (C=O) groups excluding carboxylic acids is 2. The maximum atomic E-state index is 12.1. The van der Waals surface area contributed by atoms with Gasteiger partial charge in [0.05, 0.1) is 30.0 Å². The first-order valence-electron chi connectivity index (χ1n) is 8.59. The molecule has 0 saturated heterocycles. The number of nitrogens with one attached hydrogen (secondary N) is 2. The fourth-order valence-electron chi connectivity index (χ4n) is 2.63. The molecule has 0 spiro atoms. The number of para-hydroxylation sites is 1. The van der Waals surface area contributed by atoms with Crippen LogP contribution in [0.25, 0.3) is 10.1 Å². The Hall–Kier alpha value is -2.68. The van der Waals surface area contributed by atoms with Crippen molar-refractivity contribution in [3.63, 3.8) is 0 Å². The van der Waals surface area contributed by atoms with Crippen LogP contribution in [0.1, 0.15) is 27.0 Å². The van der Waals surface area contributed by atoms with Crippen molar-refractivity contribution in [2.24, 2.45) is 0 Å². The largest absolute Gasteiger partial charge is 0.465 e. The monoisotopic (exact) mass is 448 g/mol. The fraction of sp³-hybridized carbons (Fsp3) is 0.150. The lowest BCUT2D eigenvalue weighted by Gasteiger charge is -2.13. The summed E-state index contributed by atoms with van der Waals surface area (Å²) >= 11 is 12.9. The molecule has 9 heteroatoms. The van der Waals surface area contributed by atoms with E-state index in [0.29, 0.717) is 32.0 Å². The molecule has 0 saturated carbocycles. The Labute approximate surface area is 181 Å². The molecule has 150 valence electrons. The van der Waals surface area contributed by atoms with Gasteiger partial charge in [-0.3, -0.25) is 0 Å². The average Bonchev–Trinajstić information content (AvgIpc) is 3.03. The van der Waals surface area contributed by atoms with Gasteiger partial charge in [0.1, 0.15) is 4.88 Å². The van der Waals surface area contributed by atoms with Crippen molar-refractivity contribution in [2.75, 3.05) is 24.4 Å². The van der Waals surface area contributed by atoms with Gasteiger partial charge >= 0.3 is 11.9 Å². The summed E-state index contributed by atoms with van der Waals surface area (Å²) in [5.74, 6) is -0.901. The van der Waals surface area contributed by atoms with Gasteiger partial charge in [-0.15, -0.1) is 11.3 Å². The van der Waals surface area contributed by atoms with Crippen molar-refractivity contribution in [3.8, 4) is 0 Å². The molecule has 1 aromatic heterocycles. The Balaban J connectivity index is 1.79. The molecule has 2 aromatic carbocycles. The number of ether oxygens (including phenoxy) is 2. The lowest BCUT2D eigenvalue weighted by atomic mass is 10.2. The number of anilines is 2. The molecule has 0 amide bonds. The number of hydrogen-bond donors (Lipinski definition) is 2. The van der Waals surface area contributed by atoms with E-state index in [4.69, 9.17) is 33.3 Å². The van der Waals surface area contributed by atoms with Gasteiger partial charge in [-0.2, -0.15) is 0 Å². The third kappa shape index (κ3) is 4.67. The van der Waals surface area contributed by atoms with Gasteiger partial charge in [0.2, 0.25) is 0 Å². The van der Waals surface area contributed by atoms with Crippen LogP contribution in [0.4, 0.5) is 11.4 Å². The van der Waals surface area contributed by atoms with Crippen molar-refractivity contribution in [3.05, 3.63) is 57.9 Å². The van der Waals surface area contributed by atoms with Crippen LogP contribution in [0.3, 0.4) is 0 Å².